The largest absolute Gasteiger partial charge is 0.330 e. The van der Waals surface area contributed by atoms with E-state index >= 15 is 0 Å². The molecule has 1 aromatic carbocycles. The van der Waals surface area contributed by atoms with Crippen LogP contribution in [0.1, 0.15) is 15.9 Å². The average molecular weight is 375 g/mol. The van der Waals surface area contributed by atoms with Crippen LogP contribution in [0.3, 0.4) is 0 Å². The number of carbonyl (C=O) groups is 2. The molecule has 2 amide bonds. The van der Waals surface area contributed by atoms with Gasteiger partial charge in [0.2, 0.25) is 0 Å². The van der Waals surface area contributed by atoms with E-state index in [4.69, 9.17) is 0 Å². The molecule has 3 aromatic rings. The van der Waals surface area contributed by atoms with Gasteiger partial charge in [0.15, 0.2) is 17.3 Å². The first-order chi connectivity index (χ1) is 13.5. The number of rotatable bonds is 3. The summed E-state index contributed by atoms with van der Waals surface area (Å²) >= 11 is 0. The standard InChI is InChI=1S/C19H17N7O2/c1-12-6-8-14(9-7-12)21-22-15-16-23-26(17(15)25(3)19(28)24(16)2)18(27)13-5-4-10-20-11-13/h4-11H,1-3H3. The second kappa shape index (κ2) is 6.69. The number of azo groups is 1. The Balaban J connectivity index is 1.82. The zero-order valence-electron chi connectivity index (χ0n) is 15.6. The van der Waals surface area contributed by atoms with Crippen LogP contribution in [0, 0.1) is 6.92 Å². The Morgan fingerprint density at radius 1 is 1.04 bits per heavy atom. The van der Waals surface area contributed by atoms with Crippen LogP contribution in [0.2, 0.25) is 0 Å². The van der Waals surface area contributed by atoms with E-state index in [1.165, 1.54) is 16.0 Å². The van der Waals surface area contributed by atoms with Crippen molar-refractivity contribution in [2.24, 2.45) is 10.2 Å². The van der Waals surface area contributed by atoms with Gasteiger partial charge in [0, 0.05) is 26.5 Å². The second-order valence-corrected chi connectivity index (χ2v) is 6.39. The van der Waals surface area contributed by atoms with E-state index in [-0.39, 0.29) is 17.7 Å². The van der Waals surface area contributed by atoms with Crippen LogP contribution < -0.4 is 9.80 Å². The number of aryl methyl sites for hydroxylation is 1. The Bertz CT molecular complexity index is 1090. The minimum Gasteiger partial charge on any atom is -0.279 e. The number of pyridine rings is 1. The molecule has 4 rings (SSSR count). The van der Waals surface area contributed by atoms with E-state index in [2.05, 4.69) is 20.3 Å². The third-order valence-corrected chi connectivity index (χ3v) is 4.43. The summed E-state index contributed by atoms with van der Waals surface area (Å²) in [6.07, 6.45) is 3.03. The number of benzene rings is 1. The van der Waals surface area contributed by atoms with Crippen molar-refractivity contribution in [1.82, 2.24) is 14.8 Å². The molecule has 28 heavy (non-hydrogen) atoms. The first-order valence-corrected chi connectivity index (χ1v) is 8.55. The van der Waals surface area contributed by atoms with E-state index in [0.29, 0.717) is 16.9 Å². The summed E-state index contributed by atoms with van der Waals surface area (Å²) in [6.45, 7) is 1.99. The highest BCUT2D eigenvalue weighted by Crippen LogP contribution is 2.43. The van der Waals surface area contributed by atoms with Crippen molar-refractivity contribution < 1.29 is 9.59 Å². The maximum absolute atomic E-state index is 12.9. The van der Waals surface area contributed by atoms with Gasteiger partial charge < -0.3 is 0 Å². The molecular formula is C19H17N7O2. The zero-order chi connectivity index (χ0) is 19.8. The molecule has 0 fully saturated rings. The molecule has 3 heterocycles. The number of hydrogen-bond acceptors (Lipinski definition) is 6. The van der Waals surface area contributed by atoms with Gasteiger partial charge in [-0.15, -0.1) is 10.2 Å². The highest BCUT2D eigenvalue weighted by Gasteiger charge is 2.37. The average Bonchev–Trinajstić information content (AvgIpc) is 3.06. The molecule has 0 spiro atoms. The van der Waals surface area contributed by atoms with E-state index in [1.807, 2.05) is 31.2 Å². The first-order valence-electron chi connectivity index (χ1n) is 8.55. The normalized spacial score (nSPS) is 13.5. The van der Waals surface area contributed by atoms with Gasteiger partial charge in [-0.2, -0.15) is 9.80 Å². The minimum atomic E-state index is -0.406. The molecule has 0 unspecified atom stereocenters. The number of amides is 2. The van der Waals surface area contributed by atoms with Crippen LogP contribution in [-0.2, 0) is 0 Å². The molecule has 1 aliphatic rings. The van der Waals surface area contributed by atoms with E-state index in [0.717, 1.165) is 10.2 Å². The third-order valence-electron chi connectivity index (χ3n) is 4.43. The molecule has 1 aliphatic heterocycles. The summed E-state index contributed by atoms with van der Waals surface area (Å²) < 4.78 is 1.16. The zero-order valence-corrected chi connectivity index (χ0v) is 15.6. The van der Waals surface area contributed by atoms with Gasteiger partial charge in [0.1, 0.15) is 0 Å². The molecule has 2 aromatic heterocycles. The first kappa shape index (κ1) is 17.5. The van der Waals surface area contributed by atoms with Crippen LogP contribution in [0.5, 0.6) is 0 Å². The maximum Gasteiger partial charge on any atom is 0.330 e. The summed E-state index contributed by atoms with van der Waals surface area (Å²) in [4.78, 5) is 32.0. The molecule has 140 valence electrons. The highest BCUT2D eigenvalue weighted by molar-refractivity contribution is 6.13. The van der Waals surface area contributed by atoms with Crippen molar-refractivity contribution in [3.05, 3.63) is 59.9 Å². The Hall–Kier alpha value is -3.88. The number of urea groups is 1. The summed E-state index contributed by atoms with van der Waals surface area (Å²) in [5, 5.41) is 12.9. The van der Waals surface area contributed by atoms with Crippen molar-refractivity contribution in [2.75, 3.05) is 23.9 Å². The number of anilines is 2. The molecular weight excluding hydrogens is 358 g/mol. The molecule has 0 aliphatic carbocycles. The fraction of sp³-hybridized carbons (Fsp3) is 0.158. The van der Waals surface area contributed by atoms with Gasteiger partial charge in [-0.3, -0.25) is 19.6 Å². The van der Waals surface area contributed by atoms with Gasteiger partial charge in [0.05, 0.1) is 11.3 Å². The van der Waals surface area contributed by atoms with Gasteiger partial charge in [-0.25, -0.2) is 4.79 Å². The maximum atomic E-state index is 12.9. The van der Waals surface area contributed by atoms with Crippen LogP contribution in [-0.4, -0.2) is 40.8 Å². The molecule has 0 radical (unpaired) electrons. The van der Waals surface area contributed by atoms with Crippen molar-refractivity contribution in [2.45, 2.75) is 6.92 Å². The van der Waals surface area contributed by atoms with Crippen molar-refractivity contribution >= 4 is 34.9 Å². The number of fused-ring (bicyclic) bond motifs is 2. The molecule has 9 nitrogen and oxygen atoms in total. The molecule has 9 heteroatoms. The molecule has 0 N–H and O–H groups in total. The van der Waals surface area contributed by atoms with Gasteiger partial charge in [-0.1, -0.05) is 17.7 Å². The lowest BCUT2D eigenvalue weighted by Crippen LogP contribution is -2.41. The fourth-order valence-electron chi connectivity index (χ4n) is 2.88. The van der Waals surface area contributed by atoms with Crippen LogP contribution in [0.4, 0.5) is 27.8 Å². The smallest absolute Gasteiger partial charge is 0.279 e. The lowest BCUT2D eigenvalue weighted by atomic mass is 10.2. The van der Waals surface area contributed by atoms with Crippen molar-refractivity contribution in [3.8, 4) is 0 Å². The number of carbonyl (C=O) groups excluding carboxylic acids is 2. The summed E-state index contributed by atoms with van der Waals surface area (Å²) in [6, 6.07) is 10.5. The fourth-order valence-corrected chi connectivity index (χ4v) is 2.88. The summed E-state index contributed by atoms with van der Waals surface area (Å²) in [7, 11) is 3.14. The van der Waals surface area contributed by atoms with Gasteiger partial charge in [0.25, 0.3) is 5.91 Å². The number of nitrogens with zero attached hydrogens (tertiary/aromatic N) is 7. The van der Waals surface area contributed by atoms with Crippen LogP contribution in [0.25, 0.3) is 0 Å². The van der Waals surface area contributed by atoms with Gasteiger partial charge >= 0.3 is 6.03 Å². The topological polar surface area (TPSA) is 96.0 Å². The predicted molar refractivity (Wildman–Crippen MR) is 104 cm³/mol. The number of hydrogen-bond donors (Lipinski definition) is 0. The van der Waals surface area contributed by atoms with Crippen molar-refractivity contribution in [1.29, 1.82) is 0 Å². The van der Waals surface area contributed by atoms with Crippen LogP contribution in [0.15, 0.2) is 59.0 Å². The third kappa shape index (κ3) is 2.82. The Kier molecular flexibility index (Phi) is 4.19. The van der Waals surface area contributed by atoms with E-state index in [9.17, 15) is 9.59 Å². The Morgan fingerprint density at radius 2 is 1.79 bits per heavy atom. The quantitative estimate of drug-likeness (QED) is 0.652. The molecule has 0 saturated heterocycles. The lowest BCUT2D eigenvalue weighted by Gasteiger charge is -2.26. The second-order valence-electron chi connectivity index (χ2n) is 6.39. The van der Waals surface area contributed by atoms with Crippen molar-refractivity contribution in [3.63, 3.8) is 0 Å². The monoisotopic (exact) mass is 375 g/mol. The predicted octanol–water partition coefficient (Wildman–Crippen LogP) is 3.70. The van der Waals surface area contributed by atoms with Gasteiger partial charge in [-0.05, 0) is 31.2 Å². The summed E-state index contributed by atoms with van der Waals surface area (Å²) in [5.74, 6) is 0.130. The lowest BCUT2D eigenvalue weighted by molar-refractivity contribution is 0.0947. The minimum absolute atomic E-state index is 0.266. The SMILES string of the molecule is Cc1ccc(N=Nc2c3nn(C(=O)c4cccnc4)c2N(C)C(=O)N3C)cc1. The summed E-state index contributed by atoms with van der Waals surface area (Å²) in [5.41, 5.74) is 2.47. The Labute approximate surface area is 160 Å². The van der Waals surface area contributed by atoms with E-state index < -0.39 is 5.91 Å². The highest BCUT2D eigenvalue weighted by atomic mass is 16.2. The number of aromatic nitrogens is 3. The Morgan fingerprint density at radius 3 is 2.46 bits per heavy atom. The van der Waals surface area contributed by atoms with Crippen LogP contribution >= 0.6 is 0 Å². The molecule has 0 saturated carbocycles. The van der Waals surface area contributed by atoms with E-state index in [1.54, 1.807) is 32.4 Å². The molecule has 2 bridgehead atoms. The molecule has 0 atom stereocenters.